The molecule has 2 rings (SSSR count). The van der Waals surface area contributed by atoms with E-state index >= 15 is 0 Å². The molecular weight excluding hydrogens is 289 g/mol. The largest absolute Gasteiger partial charge is 0.481 e. The maximum Gasteiger partial charge on any atom is 0.303 e. The van der Waals surface area contributed by atoms with Gasteiger partial charge in [0, 0.05) is 25.0 Å². The summed E-state index contributed by atoms with van der Waals surface area (Å²) in [6, 6.07) is 1.02. The van der Waals surface area contributed by atoms with Crippen LogP contribution in [-0.2, 0) is 11.2 Å². The number of hydrogen-bond acceptors (Lipinski definition) is 4. The monoisotopic (exact) mass is 300 g/mol. The van der Waals surface area contributed by atoms with Crippen molar-refractivity contribution in [3.8, 4) is 11.5 Å². The minimum atomic E-state index is -1.15. The summed E-state index contributed by atoms with van der Waals surface area (Å²) in [7, 11) is 0. The van der Waals surface area contributed by atoms with Gasteiger partial charge in [0.15, 0.2) is 0 Å². The van der Waals surface area contributed by atoms with Crippen LogP contribution in [0, 0.1) is 23.4 Å². The fraction of sp³-hybridized carbons (Fsp3) is 0.308. The van der Waals surface area contributed by atoms with Gasteiger partial charge in [-0.3, -0.25) is 4.79 Å². The molecule has 0 amide bonds. The first-order valence-electron chi connectivity index (χ1n) is 6.06. The van der Waals surface area contributed by atoms with E-state index in [4.69, 9.17) is 9.52 Å². The first-order chi connectivity index (χ1) is 9.86. The van der Waals surface area contributed by atoms with Gasteiger partial charge in [-0.05, 0) is 5.92 Å². The quantitative estimate of drug-likeness (QED) is 0.918. The number of hydrogen-bond donors (Lipinski definition) is 1. The third-order valence-corrected chi connectivity index (χ3v) is 2.73. The first kappa shape index (κ1) is 15.0. The van der Waals surface area contributed by atoms with Crippen LogP contribution >= 0.6 is 0 Å². The van der Waals surface area contributed by atoms with E-state index < -0.39 is 34.9 Å². The molecule has 8 heteroatoms. The maximum atomic E-state index is 13.6. The van der Waals surface area contributed by atoms with Crippen LogP contribution in [0.5, 0.6) is 0 Å². The Morgan fingerprint density at radius 3 is 2.48 bits per heavy atom. The minimum Gasteiger partial charge on any atom is -0.481 e. The molecule has 0 saturated carbocycles. The molecular formula is C13H11F3N2O3. The van der Waals surface area contributed by atoms with E-state index in [0.29, 0.717) is 12.1 Å². The Labute approximate surface area is 117 Å². The van der Waals surface area contributed by atoms with Crippen molar-refractivity contribution in [2.24, 2.45) is 5.92 Å². The van der Waals surface area contributed by atoms with Gasteiger partial charge in [-0.25, -0.2) is 13.2 Å². The second-order valence-electron chi connectivity index (χ2n) is 4.65. The van der Waals surface area contributed by atoms with Crippen LogP contribution < -0.4 is 0 Å². The van der Waals surface area contributed by atoms with Crippen LogP contribution in [0.4, 0.5) is 13.2 Å². The number of nitrogens with zero attached hydrogens (tertiary/aromatic N) is 2. The topological polar surface area (TPSA) is 76.2 Å². The van der Waals surface area contributed by atoms with E-state index in [2.05, 4.69) is 10.2 Å². The van der Waals surface area contributed by atoms with Crippen LogP contribution in [0.1, 0.15) is 19.2 Å². The first-order valence-corrected chi connectivity index (χ1v) is 6.06. The van der Waals surface area contributed by atoms with Crippen molar-refractivity contribution in [1.82, 2.24) is 10.2 Å². The fourth-order valence-electron chi connectivity index (χ4n) is 1.85. The molecule has 0 aliphatic rings. The maximum absolute atomic E-state index is 13.6. The second kappa shape index (κ2) is 5.94. The van der Waals surface area contributed by atoms with Gasteiger partial charge >= 0.3 is 5.97 Å². The summed E-state index contributed by atoms with van der Waals surface area (Å²) in [5, 5.41) is 15.8. The molecule has 0 radical (unpaired) electrons. The van der Waals surface area contributed by atoms with Gasteiger partial charge in [-0.15, -0.1) is 10.2 Å². The van der Waals surface area contributed by atoms with Gasteiger partial charge in [-0.2, -0.15) is 0 Å². The Morgan fingerprint density at radius 1 is 1.29 bits per heavy atom. The molecule has 21 heavy (non-hydrogen) atoms. The zero-order valence-corrected chi connectivity index (χ0v) is 10.9. The molecule has 112 valence electrons. The molecule has 1 aromatic heterocycles. The Kier molecular flexibility index (Phi) is 4.25. The van der Waals surface area contributed by atoms with Crippen molar-refractivity contribution in [1.29, 1.82) is 0 Å². The molecule has 1 N–H and O–H groups in total. The van der Waals surface area contributed by atoms with Crippen molar-refractivity contribution in [3.63, 3.8) is 0 Å². The second-order valence-corrected chi connectivity index (χ2v) is 4.65. The summed E-state index contributed by atoms with van der Waals surface area (Å²) in [6.45, 7) is 1.66. The van der Waals surface area contributed by atoms with Crippen LogP contribution in [0.25, 0.3) is 11.5 Å². The minimum absolute atomic E-state index is 0.0573. The lowest BCUT2D eigenvalue weighted by Crippen LogP contribution is -2.07. The Balaban J connectivity index is 2.22. The Bertz CT molecular complexity index is 649. The smallest absolute Gasteiger partial charge is 0.303 e. The highest BCUT2D eigenvalue weighted by atomic mass is 19.1. The van der Waals surface area contributed by atoms with Gasteiger partial charge in [0.05, 0.1) is 0 Å². The van der Waals surface area contributed by atoms with Crippen LogP contribution in [0.15, 0.2) is 16.5 Å². The molecule has 0 bridgehead atoms. The summed E-state index contributed by atoms with van der Waals surface area (Å²) < 4.78 is 45.0. The lowest BCUT2D eigenvalue weighted by Gasteiger charge is -2.04. The molecule has 0 spiro atoms. The van der Waals surface area contributed by atoms with E-state index in [1.807, 2.05) is 0 Å². The zero-order chi connectivity index (χ0) is 15.6. The standard InChI is InChI=1S/C13H11F3N2O3/c1-6(3-11(19)20)2-10-17-18-13(21-10)12-8(15)4-7(14)5-9(12)16/h4-6H,2-3H2,1H3,(H,19,20). The Hall–Kier alpha value is -2.38. The third kappa shape index (κ3) is 3.59. The molecule has 1 aromatic carbocycles. The number of halogens is 3. The molecule has 1 heterocycles. The summed E-state index contributed by atoms with van der Waals surface area (Å²) in [6.07, 6.45) is 0.0563. The van der Waals surface area contributed by atoms with E-state index in [0.717, 1.165) is 0 Å². The van der Waals surface area contributed by atoms with Gasteiger partial charge in [0.2, 0.25) is 5.89 Å². The van der Waals surface area contributed by atoms with Gasteiger partial charge in [0.25, 0.3) is 5.89 Å². The Morgan fingerprint density at radius 2 is 1.90 bits per heavy atom. The predicted molar refractivity (Wildman–Crippen MR) is 64.7 cm³/mol. The number of benzene rings is 1. The SMILES string of the molecule is CC(CC(=O)O)Cc1nnc(-c2c(F)cc(F)cc2F)o1. The fourth-order valence-corrected chi connectivity index (χ4v) is 1.85. The van der Waals surface area contributed by atoms with Crippen molar-refractivity contribution >= 4 is 5.97 Å². The molecule has 2 aromatic rings. The lowest BCUT2D eigenvalue weighted by molar-refractivity contribution is -0.137. The number of rotatable bonds is 5. The third-order valence-electron chi connectivity index (χ3n) is 2.73. The number of aromatic nitrogens is 2. The van der Waals surface area contributed by atoms with Crippen molar-refractivity contribution in [3.05, 3.63) is 35.5 Å². The molecule has 0 aliphatic carbocycles. The lowest BCUT2D eigenvalue weighted by atomic mass is 10.0. The van der Waals surface area contributed by atoms with E-state index in [-0.39, 0.29) is 24.7 Å². The van der Waals surface area contributed by atoms with Crippen LogP contribution in [0.2, 0.25) is 0 Å². The number of carbonyl (C=O) groups is 1. The van der Waals surface area contributed by atoms with Gasteiger partial charge in [0.1, 0.15) is 23.0 Å². The van der Waals surface area contributed by atoms with Crippen LogP contribution in [0.3, 0.4) is 0 Å². The molecule has 1 atom stereocenters. The molecule has 5 nitrogen and oxygen atoms in total. The highest BCUT2D eigenvalue weighted by Crippen LogP contribution is 2.26. The average molecular weight is 300 g/mol. The number of aliphatic carboxylic acids is 1. The van der Waals surface area contributed by atoms with Crippen molar-refractivity contribution in [2.45, 2.75) is 19.8 Å². The van der Waals surface area contributed by atoms with E-state index in [1.165, 1.54) is 0 Å². The molecule has 1 unspecified atom stereocenters. The summed E-state index contributed by atoms with van der Waals surface area (Å²) in [4.78, 5) is 10.5. The molecule has 0 saturated heterocycles. The zero-order valence-electron chi connectivity index (χ0n) is 10.9. The van der Waals surface area contributed by atoms with Gasteiger partial charge < -0.3 is 9.52 Å². The summed E-state index contributed by atoms with van der Waals surface area (Å²) >= 11 is 0. The van der Waals surface area contributed by atoms with E-state index in [9.17, 15) is 18.0 Å². The van der Waals surface area contributed by atoms with Gasteiger partial charge in [-0.1, -0.05) is 6.92 Å². The average Bonchev–Trinajstić information content (AvgIpc) is 2.74. The van der Waals surface area contributed by atoms with Crippen molar-refractivity contribution in [2.75, 3.05) is 0 Å². The highest BCUT2D eigenvalue weighted by molar-refractivity contribution is 5.66. The number of carboxylic acid groups (broad SMARTS) is 1. The number of carboxylic acids is 1. The summed E-state index contributed by atoms with van der Waals surface area (Å²) in [5.41, 5.74) is -0.610. The molecule has 0 fully saturated rings. The molecule has 0 aliphatic heterocycles. The van der Waals surface area contributed by atoms with Crippen molar-refractivity contribution < 1.29 is 27.5 Å². The van der Waals surface area contributed by atoms with E-state index in [1.54, 1.807) is 6.92 Å². The normalized spacial score (nSPS) is 12.4. The highest BCUT2D eigenvalue weighted by Gasteiger charge is 2.20. The summed E-state index contributed by atoms with van der Waals surface area (Å²) in [5.74, 6) is -4.97. The van der Waals surface area contributed by atoms with Crippen LogP contribution in [-0.4, -0.2) is 21.3 Å². The predicted octanol–water partition coefficient (Wildman–Crippen LogP) is 2.81.